The van der Waals surface area contributed by atoms with Gasteiger partial charge in [-0.3, -0.25) is 4.79 Å². The molecule has 2 nitrogen and oxygen atoms in total. The second-order valence-corrected chi connectivity index (χ2v) is 4.91. The monoisotopic (exact) mass is 291 g/mol. The lowest BCUT2D eigenvalue weighted by molar-refractivity contribution is 0.102. The zero-order valence-corrected chi connectivity index (χ0v) is 11.8. The summed E-state index contributed by atoms with van der Waals surface area (Å²) >= 11 is 0. The van der Waals surface area contributed by atoms with Gasteiger partial charge in [-0.1, -0.05) is 42.5 Å². The van der Waals surface area contributed by atoms with E-state index in [-0.39, 0.29) is 11.7 Å². The fourth-order valence-electron chi connectivity index (χ4n) is 2.21. The maximum Gasteiger partial charge on any atom is 0.255 e. The number of rotatable bonds is 3. The Morgan fingerprint density at radius 3 is 2.23 bits per heavy atom. The van der Waals surface area contributed by atoms with E-state index in [0.29, 0.717) is 5.56 Å². The van der Waals surface area contributed by atoms with Gasteiger partial charge >= 0.3 is 0 Å². The van der Waals surface area contributed by atoms with Gasteiger partial charge in [-0.15, -0.1) is 0 Å². The number of benzene rings is 3. The lowest BCUT2D eigenvalue weighted by Gasteiger charge is -2.07. The van der Waals surface area contributed by atoms with Crippen molar-refractivity contribution in [1.29, 1.82) is 0 Å². The SMILES string of the molecule is O=C(Nc1ccccc1)c1cccc(-c2ccc(F)cc2)c1. The van der Waals surface area contributed by atoms with Crippen LogP contribution in [-0.4, -0.2) is 5.91 Å². The summed E-state index contributed by atoms with van der Waals surface area (Å²) < 4.78 is 13.0. The number of anilines is 1. The third-order valence-electron chi connectivity index (χ3n) is 3.33. The van der Waals surface area contributed by atoms with E-state index in [0.717, 1.165) is 16.8 Å². The van der Waals surface area contributed by atoms with E-state index in [9.17, 15) is 9.18 Å². The van der Waals surface area contributed by atoms with Gasteiger partial charge in [-0.2, -0.15) is 0 Å². The Balaban J connectivity index is 1.84. The Labute approximate surface area is 128 Å². The minimum absolute atomic E-state index is 0.171. The molecule has 0 radical (unpaired) electrons. The second-order valence-electron chi connectivity index (χ2n) is 4.91. The molecule has 0 aliphatic heterocycles. The van der Waals surface area contributed by atoms with Crippen LogP contribution in [0.25, 0.3) is 11.1 Å². The van der Waals surface area contributed by atoms with Crippen LogP contribution in [0.2, 0.25) is 0 Å². The Morgan fingerprint density at radius 1 is 0.773 bits per heavy atom. The Hall–Kier alpha value is -2.94. The van der Waals surface area contributed by atoms with Crippen molar-refractivity contribution in [2.24, 2.45) is 0 Å². The molecule has 0 bridgehead atoms. The zero-order chi connectivity index (χ0) is 15.4. The predicted octanol–water partition coefficient (Wildman–Crippen LogP) is 4.75. The number of amides is 1. The maximum atomic E-state index is 13.0. The third kappa shape index (κ3) is 3.20. The van der Waals surface area contributed by atoms with E-state index >= 15 is 0 Å². The highest BCUT2D eigenvalue weighted by Gasteiger charge is 2.07. The van der Waals surface area contributed by atoms with Gasteiger partial charge in [0.1, 0.15) is 5.82 Å². The van der Waals surface area contributed by atoms with Crippen LogP contribution in [0.4, 0.5) is 10.1 Å². The summed E-state index contributed by atoms with van der Waals surface area (Å²) in [7, 11) is 0. The molecular weight excluding hydrogens is 277 g/mol. The topological polar surface area (TPSA) is 29.1 Å². The molecule has 0 saturated heterocycles. The molecule has 22 heavy (non-hydrogen) atoms. The number of carbonyl (C=O) groups excluding carboxylic acids is 1. The Bertz CT molecular complexity index is 782. The first kappa shape index (κ1) is 14.0. The van der Waals surface area contributed by atoms with Crippen LogP contribution < -0.4 is 5.32 Å². The largest absolute Gasteiger partial charge is 0.322 e. The lowest BCUT2D eigenvalue weighted by Crippen LogP contribution is -2.11. The number of hydrogen-bond donors (Lipinski definition) is 1. The molecule has 0 heterocycles. The van der Waals surface area contributed by atoms with Crippen molar-refractivity contribution >= 4 is 11.6 Å². The smallest absolute Gasteiger partial charge is 0.255 e. The highest BCUT2D eigenvalue weighted by atomic mass is 19.1. The average molecular weight is 291 g/mol. The van der Waals surface area contributed by atoms with Gasteiger partial charge < -0.3 is 5.32 Å². The van der Waals surface area contributed by atoms with Crippen molar-refractivity contribution < 1.29 is 9.18 Å². The first-order valence-corrected chi connectivity index (χ1v) is 6.95. The second kappa shape index (κ2) is 6.22. The van der Waals surface area contributed by atoms with Gasteiger partial charge in [0.15, 0.2) is 0 Å². The number of hydrogen-bond acceptors (Lipinski definition) is 1. The molecule has 0 aliphatic carbocycles. The normalized spacial score (nSPS) is 10.2. The number of carbonyl (C=O) groups is 1. The summed E-state index contributed by atoms with van der Waals surface area (Å²) in [6, 6.07) is 22.8. The molecule has 0 fully saturated rings. The quantitative estimate of drug-likeness (QED) is 0.741. The summed E-state index contributed by atoms with van der Waals surface area (Å²) in [5, 5.41) is 2.85. The molecular formula is C19H14FNO. The molecule has 0 spiro atoms. The van der Waals surface area contributed by atoms with Crippen LogP contribution in [-0.2, 0) is 0 Å². The molecule has 108 valence electrons. The van der Waals surface area contributed by atoms with E-state index in [2.05, 4.69) is 5.32 Å². The molecule has 0 saturated carbocycles. The van der Waals surface area contributed by atoms with Crippen LogP contribution >= 0.6 is 0 Å². The molecule has 0 aliphatic rings. The maximum absolute atomic E-state index is 13.0. The van der Waals surface area contributed by atoms with E-state index in [4.69, 9.17) is 0 Å². The van der Waals surface area contributed by atoms with Crippen LogP contribution in [0.15, 0.2) is 78.9 Å². The minimum atomic E-state index is -0.276. The fourth-order valence-corrected chi connectivity index (χ4v) is 2.21. The standard InChI is InChI=1S/C19H14FNO/c20-17-11-9-14(10-12-17)15-5-4-6-16(13-15)19(22)21-18-7-2-1-3-8-18/h1-13H,(H,21,22). The van der Waals surface area contributed by atoms with Crippen molar-refractivity contribution in [3.63, 3.8) is 0 Å². The molecule has 0 atom stereocenters. The molecule has 1 amide bonds. The van der Waals surface area contributed by atoms with Crippen molar-refractivity contribution in [3.05, 3.63) is 90.2 Å². The van der Waals surface area contributed by atoms with E-state index in [1.165, 1.54) is 12.1 Å². The summed E-state index contributed by atoms with van der Waals surface area (Å²) in [4.78, 5) is 12.3. The summed E-state index contributed by atoms with van der Waals surface area (Å²) in [5.74, 6) is -0.447. The molecule has 0 unspecified atom stereocenters. The summed E-state index contributed by atoms with van der Waals surface area (Å²) in [6.45, 7) is 0. The van der Waals surface area contributed by atoms with Crippen LogP contribution in [0.3, 0.4) is 0 Å². The molecule has 3 heteroatoms. The summed E-state index contributed by atoms with van der Waals surface area (Å²) in [5.41, 5.74) is 3.06. The molecule has 0 aromatic heterocycles. The third-order valence-corrected chi connectivity index (χ3v) is 3.33. The first-order chi connectivity index (χ1) is 10.7. The van der Waals surface area contributed by atoms with Gasteiger partial charge in [0.2, 0.25) is 0 Å². The lowest BCUT2D eigenvalue weighted by atomic mass is 10.0. The average Bonchev–Trinajstić information content (AvgIpc) is 2.56. The van der Waals surface area contributed by atoms with Crippen molar-refractivity contribution in [2.45, 2.75) is 0 Å². The summed E-state index contributed by atoms with van der Waals surface area (Å²) in [6.07, 6.45) is 0. The zero-order valence-electron chi connectivity index (χ0n) is 11.8. The number of para-hydroxylation sites is 1. The molecule has 3 aromatic carbocycles. The highest BCUT2D eigenvalue weighted by molar-refractivity contribution is 6.04. The highest BCUT2D eigenvalue weighted by Crippen LogP contribution is 2.21. The van der Waals surface area contributed by atoms with Crippen molar-refractivity contribution in [1.82, 2.24) is 0 Å². The number of nitrogens with one attached hydrogen (secondary N) is 1. The molecule has 3 aromatic rings. The van der Waals surface area contributed by atoms with Crippen LogP contribution in [0.5, 0.6) is 0 Å². The van der Waals surface area contributed by atoms with E-state index < -0.39 is 0 Å². The Kier molecular flexibility index (Phi) is 3.97. The van der Waals surface area contributed by atoms with Gasteiger partial charge in [-0.05, 0) is 47.5 Å². The van der Waals surface area contributed by atoms with Crippen LogP contribution in [0.1, 0.15) is 10.4 Å². The van der Waals surface area contributed by atoms with Crippen LogP contribution in [0, 0.1) is 5.82 Å². The van der Waals surface area contributed by atoms with Gasteiger partial charge in [0, 0.05) is 11.3 Å². The Morgan fingerprint density at radius 2 is 1.50 bits per heavy atom. The fraction of sp³-hybridized carbons (Fsp3) is 0. The van der Waals surface area contributed by atoms with Gasteiger partial charge in [0.05, 0.1) is 0 Å². The van der Waals surface area contributed by atoms with Gasteiger partial charge in [0.25, 0.3) is 5.91 Å². The van der Waals surface area contributed by atoms with Gasteiger partial charge in [-0.25, -0.2) is 4.39 Å². The minimum Gasteiger partial charge on any atom is -0.322 e. The predicted molar refractivity (Wildman–Crippen MR) is 86.2 cm³/mol. The van der Waals surface area contributed by atoms with E-state index in [1.807, 2.05) is 42.5 Å². The molecule has 1 N–H and O–H groups in total. The van der Waals surface area contributed by atoms with Crippen molar-refractivity contribution in [2.75, 3.05) is 5.32 Å². The van der Waals surface area contributed by atoms with E-state index in [1.54, 1.807) is 24.3 Å². The van der Waals surface area contributed by atoms with Crippen molar-refractivity contribution in [3.8, 4) is 11.1 Å². The first-order valence-electron chi connectivity index (χ1n) is 6.95. The number of halogens is 1. The molecule has 3 rings (SSSR count).